The standard InChI is InChI=1S/C17H15N5O2/c18-15-14-17(22-16(21-15)12-6-7-23-9-12)20-13(19-14)10-24-8-11-4-2-1-3-5-11/h1-7,9H,8,10H2,(H3,18,19,20,21,22). The molecule has 3 N–H and O–H groups in total. The van der Waals surface area contributed by atoms with Gasteiger partial charge in [-0.2, -0.15) is 0 Å². The summed E-state index contributed by atoms with van der Waals surface area (Å²) in [5.41, 5.74) is 8.98. The van der Waals surface area contributed by atoms with E-state index in [1.54, 1.807) is 18.6 Å². The van der Waals surface area contributed by atoms with E-state index < -0.39 is 0 Å². The molecule has 0 spiro atoms. The fourth-order valence-corrected chi connectivity index (χ4v) is 2.40. The number of nitrogens with zero attached hydrogens (tertiary/aromatic N) is 3. The van der Waals surface area contributed by atoms with Crippen LogP contribution in [-0.4, -0.2) is 19.9 Å². The molecule has 3 heterocycles. The summed E-state index contributed by atoms with van der Waals surface area (Å²) in [6, 6.07) is 11.7. The Balaban J connectivity index is 1.53. The van der Waals surface area contributed by atoms with Crippen LogP contribution in [0.4, 0.5) is 5.82 Å². The summed E-state index contributed by atoms with van der Waals surface area (Å²) in [5.74, 6) is 1.47. The molecule has 24 heavy (non-hydrogen) atoms. The molecule has 7 nitrogen and oxygen atoms in total. The lowest BCUT2D eigenvalue weighted by Gasteiger charge is -2.01. The van der Waals surface area contributed by atoms with Crippen molar-refractivity contribution in [2.45, 2.75) is 13.2 Å². The van der Waals surface area contributed by atoms with Crippen LogP contribution >= 0.6 is 0 Å². The van der Waals surface area contributed by atoms with Crippen LogP contribution in [0.3, 0.4) is 0 Å². The average Bonchev–Trinajstić information content (AvgIpc) is 3.25. The van der Waals surface area contributed by atoms with Crippen molar-refractivity contribution < 1.29 is 9.15 Å². The van der Waals surface area contributed by atoms with Gasteiger partial charge in [0, 0.05) is 0 Å². The minimum absolute atomic E-state index is 0.321. The first-order valence-electron chi connectivity index (χ1n) is 7.46. The summed E-state index contributed by atoms with van der Waals surface area (Å²) in [4.78, 5) is 16.2. The Kier molecular flexibility index (Phi) is 3.68. The second kappa shape index (κ2) is 6.13. The van der Waals surface area contributed by atoms with Crippen molar-refractivity contribution in [3.63, 3.8) is 0 Å². The maximum Gasteiger partial charge on any atom is 0.167 e. The van der Waals surface area contributed by atoms with Crippen LogP contribution in [0.5, 0.6) is 0 Å². The SMILES string of the molecule is Nc1nc(-c2ccoc2)nc2[nH]c(COCc3ccccc3)nc12. The number of aromatic amines is 1. The molecule has 0 bridgehead atoms. The van der Waals surface area contributed by atoms with Gasteiger partial charge in [0.05, 0.1) is 18.4 Å². The molecule has 3 aromatic heterocycles. The van der Waals surface area contributed by atoms with Gasteiger partial charge in [-0.15, -0.1) is 0 Å². The van der Waals surface area contributed by atoms with Crippen LogP contribution in [0, 0.1) is 0 Å². The normalized spacial score (nSPS) is 11.2. The number of fused-ring (bicyclic) bond motifs is 1. The average molecular weight is 321 g/mol. The first-order valence-corrected chi connectivity index (χ1v) is 7.46. The number of hydrogen-bond donors (Lipinski definition) is 2. The van der Waals surface area contributed by atoms with E-state index in [9.17, 15) is 0 Å². The molecule has 0 atom stereocenters. The number of ether oxygens (including phenoxy) is 1. The number of nitrogen functional groups attached to an aromatic ring is 1. The molecule has 0 aliphatic carbocycles. The third-order valence-electron chi connectivity index (χ3n) is 3.55. The van der Waals surface area contributed by atoms with E-state index in [0.717, 1.165) is 11.1 Å². The molecule has 0 saturated heterocycles. The quantitative estimate of drug-likeness (QED) is 0.586. The minimum Gasteiger partial charge on any atom is -0.472 e. The molecule has 4 rings (SSSR count). The second-order valence-electron chi connectivity index (χ2n) is 5.30. The van der Waals surface area contributed by atoms with Gasteiger partial charge in [0.15, 0.2) is 17.3 Å². The monoisotopic (exact) mass is 321 g/mol. The van der Waals surface area contributed by atoms with Gasteiger partial charge in [-0.1, -0.05) is 30.3 Å². The molecule has 0 unspecified atom stereocenters. The van der Waals surface area contributed by atoms with Crippen LogP contribution in [0.25, 0.3) is 22.6 Å². The van der Waals surface area contributed by atoms with Crippen molar-refractivity contribution in [3.8, 4) is 11.4 Å². The predicted octanol–water partition coefficient (Wildman–Crippen LogP) is 2.91. The largest absolute Gasteiger partial charge is 0.472 e. The number of H-pyrrole nitrogens is 1. The topological polar surface area (TPSA) is 103 Å². The van der Waals surface area contributed by atoms with Crippen molar-refractivity contribution in [3.05, 3.63) is 60.3 Å². The molecule has 1 aromatic carbocycles. The van der Waals surface area contributed by atoms with Gasteiger partial charge in [0.25, 0.3) is 0 Å². The first kappa shape index (κ1) is 14.4. The Morgan fingerprint density at radius 1 is 1.04 bits per heavy atom. The van der Waals surface area contributed by atoms with Gasteiger partial charge < -0.3 is 19.9 Å². The number of nitrogens with one attached hydrogen (secondary N) is 1. The Hall–Kier alpha value is -3.19. The van der Waals surface area contributed by atoms with Gasteiger partial charge in [-0.25, -0.2) is 15.0 Å². The van der Waals surface area contributed by atoms with E-state index in [0.29, 0.717) is 41.8 Å². The molecule has 7 heteroatoms. The van der Waals surface area contributed by atoms with E-state index >= 15 is 0 Å². The lowest BCUT2D eigenvalue weighted by atomic mass is 10.2. The zero-order valence-electron chi connectivity index (χ0n) is 12.8. The number of nitrogens with two attached hydrogens (primary N) is 1. The predicted molar refractivity (Wildman–Crippen MR) is 88.7 cm³/mol. The Morgan fingerprint density at radius 2 is 1.92 bits per heavy atom. The molecule has 0 fully saturated rings. The van der Waals surface area contributed by atoms with Crippen LogP contribution in [0.15, 0.2) is 53.3 Å². The van der Waals surface area contributed by atoms with E-state index in [1.165, 1.54) is 0 Å². The van der Waals surface area contributed by atoms with Crippen LogP contribution in [0.1, 0.15) is 11.4 Å². The first-order chi connectivity index (χ1) is 11.8. The Bertz CT molecular complexity index is 948. The van der Waals surface area contributed by atoms with Crippen molar-refractivity contribution in [1.29, 1.82) is 0 Å². The highest BCUT2D eigenvalue weighted by atomic mass is 16.5. The van der Waals surface area contributed by atoms with Crippen molar-refractivity contribution in [1.82, 2.24) is 19.9 Å². The van der Waals surface area contributed by atoms with E-state index in [2.05, 4.69) is 19.9 Å². The summed E-state index contributed by atoms with van der Waals surface area (Å²) in [7, 11) is 0. The maximum absolute atomic E-state index is 5.99. The highest BCUT2D eigenvalue weighted by Crippen LogP contribution is 2.22. The van der Waals surface area contributed by atoms with Gasteiger partial charge in [0.1, 0.15) is 24.2 Å². The summed E-state index contributed by atoms with van der Waals surface area (Å²) >= 11 is 0. The zero-order chi connectivity index (χ0) is 16.4. The van der Waals surface area contributed by atoms with Crippen molar-refractivity contribution >= 4 is 17.0 Å². The molecule has 120 valence electrons. The smallest absolute Gasteiger partial charge is 0.167 e. The molecule has 4 aromatic rings. The molecule has 0 radical (unpaired) electrons. The lowest BCUT2D eigenvalue weighted by molar-refractivity contribution is 0.102. The number of hydrogen-bond acceptors (Lipinski definition) is 6. The second-order valence-corrected chi connectivity index (χ2v) is 5.30. The van der Waals surface area contributed by atoms with Gasteiger partial charge in [-0.3, -0.25) is 0 Å². The van der Waals surface area contributed by atoms with E-state index in [1.807, 2.05) is 30.3 Å². The number of aromatic nitrogens is 4. The number of benzene rings is 1. The third kappa shape index (κ3) is 2.84. The Labute approximate surface area is 137 Å². The van der Waals surface area contributed by atoms with Crippen molar-refractivity contribution in [2.24, 2.45) is 0 Å². The molecule has 0 aliphatic heterocycles. The highest BCUT2D eigenvalue weighted by molar-refractivity contribution is 5.83. The molecule has 0 amide bonds. The molecular formula is C17H15N5O2. The minimum atomic E-state index is 0.321. The van der Waals surface area contributed by atoms with Gasteiger partial charge in [0.2, 0.25) is 0 Å². The number of imidazole rings is 1. The lowest BCUT2D eigenvalue weighted by Crippen LogP contribution is -1.96. The van der Waals surface area contributed by atoms with Crippen LogP contribution in [0.2, 0.25) is 0 Å². The summed E-state index contributed by atoms with van der Waals surface area (Å²) in [5, 5.41) is 0. The summed E-state index contributed by atoms with van der Waals surface area (Å²) in [6.07, 6.45) is 3.13. The number of furan rings is 1. The molecule has 0 aliphatic rings. The van der Waals surface area contributed by atoms with E-state index in [-0.39, 0.29) is 0 Å². The fraction of sp³-hybridized carbons (Fsp3) is 0.118. The highest BCUT2D eigenvalue weighted by Gasteiger charge is 2.12. The van der Waals surface area contributed by atoms with Crippen LogP contribution in [-0.2, 0) is 18.0 Å². The van der Waals surface area contributed by atoms with Crippen LogP contribution < -0.4 is 5.73 Å². The summed E-state index contributed by atoms with van der Waals surface area (Å²) < 4.78 is 10.7. The van der Waals surface area contributed by atoms with Crippen molar-refractivity contribution in [2.75, 3.05) is 5.73 Å². The third-order valence-corrected chi connectivity index (χ3v) is 3.55. The van der Waals surface area contributed by atoms with Gasteiger partial charge >= 0.3 is 0 Å². The van der Waals surface area contributed by atoms with E-state index in [4.69, 9.17) is 14.9 Å². The number of rotatable bonds is 5. The molecular weight excluding hydrogens is 306 g/mol. The van der Waals surface area contributed by atoms with Gasteiger partial charge in [-0.05, 0) is 11.6 Å². The Morgan fingerprint density at radius 3 is 2.71 bits per heavy atom. The number of anilines is 1. The maximum atomic E-state index is 5.99. The zero-order valence-corrected chi connectivity index (χ0v) is 12.8. The summed E-state index contributed by atoms with van der Waals surface area (Å²) in [6.45, 7) is 0.852. The fourth-order valence-electron chi connectivity index (χ4n) is 2.40. The molecule has 0 saturated carbocycles.